The Bertz CT molecular complexity index is 3530. The Labute approximate surface area is 440 Å². The van der Waals surface area contributed by atoms with E-state index in [1.165, 1.54) is 36.4 Å². The third-order valence-electron chi connectivity index (χ3n) is 13.2. The van der Waals surface area contributed by atoms with Crippen LogP contribution in [0.2, 0.25) is 0 Å². The van der Waals surface area contributed by atoms with Crippen LogP contribution in [0.15, 0.2) is 115 Å². The number of aromatic nitrogens is 4. The molecule has 2 atom stereocenters. The van der Waals surface area contributed by atoms with Gasteiger partial charge in [0, 0.05) is 58.7 Å². The number of hydrogen-bond acceptors (Lipinski definition) is 16. The van der Waals surface area contributed by atoms with Crippen molar-refractivity contribution in [2.24, 2.45) is 0 Å². The van der Waals surface area contributed by atoms with E-state index in [0.29, 0.717) is 57.6 Å². The van der Waals surface area contributed by atoms with Crippen molar-refractivity contribution in [3.05, 3.63) is 142 Å². The molecule has 0 spiro atoms. The molecule has 10 rings (SSSR count). The lowest BCUT2D eigenvalue weighted by atomic mass is 9.86. The number of ketones is 2. The summed E-state index contributed by atoms with van der Waals surface area (Å²) in [6.45, 7) is 0. The molecule has 78 heavy (non-hydrogen) atoms. The second-order valence-corrected chi connectivity index (χ2v) is 23.4. The van der Waals surface area contributed by atoms with Crippen molar-refractivity contribution in [1.29, 1.82) is 0 Å². The minimum absolute atomic E-state index is 0.0909. The van der Waals surface area contributed by atoms with Gasteiger partial charge in [-0.3, -0.25) is 9.59 Å². The van der Waals surface area contributed by atoms with Crippen LogP contribution >= 0.6 is 0 Å². The van der Waals surface area contributed by atoms with Gasteiger partial charge in [0.25, 0.3) is 0 Å². The van der Waals surface area contributed by atoms with Crippen LogP contribution in [0.5, 0.6) is 0 Å². The summed E-state index contributed by atoms with van der Waals surface area (Å²) in [4.78, 5) is 24.8. The predicted octanol–water partition coefficient (Wildman–Crippen LogP) is 10.4. The van der Waals surface area contributed by atoms with Crippen LogP contribution in [0.3, 0.4) is 0 Å². The lowest BCUT2D eigenvalue weighted by molar-refractivity contribution is -0.137. The summed E-state index contributed by atoms with van der Waals surface area (Å²) in [5, 5.41) is 36.6. The van der Waals surface area contributed by atoms with Gasteiger partial charge in [0.2, 0.25) is 0 Å². The molecule has 8 aromatic rings. The van der Waals surface area contributed by atoms with Crippen molar-refractivity contribution in [3.63, 3.8) is 0 Å². The number of sulfone groups is 2. The summed E-state index contributed by atoms with van der Waals surface area (Å²) in [7, 11) is -6.43. The van der Waals surface area contributed by atoms with Crippen molar-refractivity contribution in [2.75, 3.05) is 24.0 Å². The molecule has 0 bridgehead atoms. The Morgan fingerprint density at radius 2 is 0.859 bits per heavy atom. The summed E-state index contributed by atoms with van der Waals surface area (Å²) < 4.78 is 151. The fraction of sp³-hybridized carbons (Fsp3) is 0.296. The van der Waals surface area contributed by atoms with Crippen molar-refractivity contribution < 1.29 is 81.1 Å². The van der Waals surface area contributed by atoms with Gasteiger partial charge >= 0.3 is 12.4 Å². The van der Waals surface area contributed by atoms with Gasteiger partial charge < -0.3 is 28.3 Å². The van der Waals surface area contributed by atoms with Crippen LogP contribution in [0.25, 0.3) is 68.1 Å². The van der Waals surface area contributed by atoms with Gasteiger partial charge in [-0.05, 0) is 60.8 Å². The van der Waals surface area contributed by atoms with Gasteiger partial charge in [0.15, 0.2) is 46.0 Å². The van der Waals surface area contributed by atoms with E-state index in [1.54, 1.807) is 60.7 Å². The molecule has 24 heteroatoms. The highest BCUT2D eigenvalue weighted by molar-refractivity contribution is 7.90. The first-order valence-electron chi connectivity index (χ1n) is 24.1. The molecule has 0 aliphatic heterocycles. The van der Waals surface area contributed by atoms with Crippen molar-refractivity contribution in [1.82, 2.24) is 20.6 Å². The van der Waals surface area contributed by atoms with Crippen molar-refractivity contribution in [2.45, 2.75) is 75.9 Å². The number of nitrogens with zero attached hydrogens (tertiary/aromatic N) is 4. The third kappa shape index (κ3) is 11.8. The molecule has 2 aliphatic carbocycles. The van der Waals surface area contributed by atoms with E-state index < -0.39 is 89.8 Å². The summed E-state index contributed by atoms with van der Waals surface area (Å²) >= 11 is 0. The Kier molecular flexibility index (Phi) is 15.4. The number of aliphatic hydroxyl groups is 2. The minimum atomic E-state index is -4.77. The molecule has 4 heterocycles. The SMILES string of the molecule is CS(=O)(=O)CCCC(=O)[C@@H](O)c1ccc2c(c1)CCc1c-2noc1-c1noc(-c2ccccc2)c1C(F)(F)F.CS(=O)(=O)CCCC(=O)[C@H](O)c1ccc2c(c1)CCc1c-2noc1-c1noc(-c2ccccc2)c1C(F)(F)F. The first-order chi connectivity index (χ1) is 36.9. The fourth-order valence-electron chi connectivity index (χ4n) is 9.49. The number of alkyl halides is 6. The highest BCUT2D eigenvalue weighted by atomic mass is 32.2. The van der Waals surface area contributed by atoms with E-state index in [0.717, 1.165) is 23.6 Å². The molecule has 16 nitrogen and oxygen atoms in total. The molecule has 2 aliphatic rings. The number of rotatable bonds is 16. The Hall–Kier alpha value is -7.54. The first kappa shape index (κ1) is 55.2. The Morgan fingerprint density at radius 3 is 1.21 bits per heavy atom. The van der Waals surface area contributed by atoms with Crippen molar-refractivity contribution >= 4 is 31.2 Å². The molecule has 2 N–H and O–H groups in total. The predicted molar refractivity (Wildman–Crippen MR) is 268 cm³/mol. The summed E-state index contributed by atoms with van der Waals surface area (Å²) in [6, 6.07) is 25.3. The van der Waals surface area contributed by atoms with Crippen molar-refractivity contribution in [3.8, 4) is 68.1 Å². The number of aryl methyl sites for hydroxylation is 2. The van der Waals surface area contributed by atoms with Gasteiger partial charge in [-0.25, -0.2) is 16.8 Å². The van der Waals surface area contributed by atoms with Gasteiger partial charge in [0.1, 0.15) is 54.4 Å². The zero-order valence-electron chi connectivity index (χ0n) is 41.3. The lowest BCUT2D eigenvalue weighted by Gasteiger charge is -2.18. The molecular weight excluding hydrogens is 1070 g/mol. The van der Waals surface area contributed by atoms with Gasteiger partial charge in [0.05, 0.1) is 11.5 Å². The summed E-state index contributed by atoms with van der Waals surface area (Å²) in [5.74, 6) is -2.39. The zero-order chi connectivity index (χ0) is 55.9. The molecule has 0 fully saturated rings. The summed E-state index contributed by atoms with van der Waals surface area (Å²) in [5.41, 5.74) is 2.35. The van der Waals surface area contributed by atoms with E-state index in [9.17, 15) is 63.0 Å². The largest absolute Gasteiger partial charge is 0.422 e. The van der Waals surface area contributed by atoms with E-state index >= 15 is 0 Å². The van der Waals surface area contributed by atoms with E-state index in [-0.39, 0.29) is 72.7 Å². The number of fused-ring (bicyclic) bond motifs is 6. The topological polar surface area (TPSA) is 247 Å². The van der Waals surface area contributed by atoms with Gasteiger partial charge in [-0.15, -0.1) is 0 Å². The second-order valence-electron chi connectivity index (χ2n) is 18.9. The smallest absolute Gasteiger partial charge is 0.381 e. The maximum absolute atomic E-state index is 14.2. The molecule has 0 radical (unpaired) electrons. The first-order valence-corrected chi connectivity index (χ1v) is 28.3. The molecule has 0 saturated heterocycles. The average Bonchev–Trinajstić information content (AvgIpc) is 4.22. The fourth-order valence-corrected chi connectivity index (χ4v) is 10.8. The highest BCUT2D eigenvalue weighted by Gasteiger charge is 2.45. The number of hydrogen-bond donors (Lipinski definition) is 2. The quantitative estimate of drug-likeness (QED) is 0.0854. The zero-order valence-corrected chi connectivity index (χ0v) is 42.9. The van der Waals surface area contributed by atoms with E-state index in [2.05, 4.69) is 20.6 Å². The monoisotopic (exact) mass is 1120 g/mol. The molecule has 408 valence electrons. The van der Waals surface area contributed by atoms with Crippen LogP contribution in [0.4, 0.5) is 26.3 Å². The van der Waals surface area contributed by atoms with Crippen LogP contribution in [-0.4, -0.2) is 83.3 Å². The average molecular weight is 1120 g/mol. The van der Waals surface area contributed by atoms with Gasteiger partial charge in [-0.1, -0.05) is 118 Å². The Balaban J connectivity index is 0.000000190. The molecule has 4 aromatic heterocycles. The number of carbonyl (C=O) groups excluding carboxylic acids is 2. The van der Waals surface area contributed by atoms with E-state index in [4.69, 9.17) is 18.1 Å². The summed E-state index contributed by atoms with van der Waals surface area (Å²) in [6.07, 6.45) is -8.84. The normalized spacial score (nSPS) is 14.1. The number of carbonyl (C=O) groups is 2. The molecule has 0 amide bonds. The maximum atomic E-state index is 14.2. The number of aliphatic hydroxyl groups excluding tert-OH is 2. The van der Waals surface area contributed by atoms with Crippen LogP contribution in [-0.2, 0) is 67.3 Å². The van der Waals surface area contributed by atoms with E-state index in [1.807, 2.05) is 0 Å². The molecule has 4 aromatic carbocycles. The minimum Gasteiger partial charge on any atom is -0.381 e. The van der Waals surface area contributed by atoms with Gasteiger partial charge in [-0.2, -0.15) is 26.3 Å². The molecular formula is C54H46F6N4O12S2. The lowest BCUT2D eigenvalue weighted by Crippen LogP contribution is -2.15. The van der Waals surface area contributed by atoms with Crippen LogP contribution in [0, 0.1) is 0 Å². The van der Waals surface area contributed by atoms with Crippen LogP contribution < -0.4 is 0 Å². The number of halogens is 6. The Morgan fingerprint density at radius 1 is 0.513 bits per heavy atom. The molecule has 0 unspecified atom stereocenters. The van der Waals surface area contributed by atoms with Crippen LogP contribution in [0.1, 0.15) is 82.4 Å². The number of benzene rings is 4. The maximum Gasteiger partial charge on any atom is 0.422 e. The third-order valence-corrected chi connectivity index (χ3v) is 15.3. The number of Topliss-reactive ketones (excluding diaryl/α,β-unsaturated/α-hetero) is 2. The highest BCUT2D eigenvalue weighted by Crippen LogP contribution is 2.49. The second kappa shape index (κ2) is 21.7. The molecule has 0 saturated carbocycles. The standard InChI is InChI=1S/2C27H23F3N2O6S/c2*1-39(35,36)13-5-8-20(33)24(34)17-10-11-18-16(14-17)9-12-19-22(18)31-38-26(19)23-21(27(28,29)30)25(37-32-23)15-6-3-2-4-7-15/h2*2-4,6-7,10-11,14,24,34H,5,8-9,12-13H2,1H3/t2*24-/m10/s1.